The molecule has 0 radical (unpaired) electrons. The fourth-order valence-corrected chi connectivity index (χ4v) is 3.29. The molecule has 1 saturated carbocycles. The molecule has 1 aromatic carbocycles. The van der Waals surface area contributed by atoms with Gasteiger partial charge in [-0.05, 0) is 38.5 Å². The lowest BCUT2D eigenvalue weighted by molar-refractivity contribution is -0.125. The van der Waals surface area contributed by atoms with Gasteiger partial charge in [0, 0.05) is 10.0 Å². The zero-order chi connectivity index (χ0) is 13.3. The highest BCUT2D eigenvalue weighted by atomic mass is 35.5. The van der Waals surface area contributed by atoms with E-state index in [1.165, 1.54) is 4.90 Å². The molecule has 0 aromatic heterocycles. The normalized spacial score (nSPS) is 33.9. The summed E-state index contributed by atoms with van der Waals surface area (Å²) in [6.45, 7) is 3.67. The Morgan fingerprint density at radius 3 is 1.89 bits per heavy atom. The molecular weight excluding hydrogens is 273 g/mol. The standard InChI is InChI=1S/C13H11Cl2NO2/c1-12-6-13(12,2)11(18)16(10(12)17)9-4-7(14)3-8(15)5-9/h3-5H,6H2,1-2H3/t12-,13-/m0/s1. The first kappa shape index (κ1) is 12.0. The van der Waals surface area contributed by atoms with E-state index in [9.17, 15) is 9.59 Å². The number of carbonyl (C=O) groups excluding carboxylic acids is 2. The van der Waals surface area contributed by atoms with Gasteiger partial charge in [0.25, 0.3) is 0 Å². The van der Waals surface area contributed by atoms with Gasteiger partial charge in [-0.25, -0.2) is 4.90 Å². The van der Waals surface area contributed by atoms with Crippen LogP contribution in [0.5, 0.6) is 0 Å². The third kappa shape index (κ3) is 1.26. The van der Waals surface area contributed by atoms with Crippen molar-refractivity contribution in [3.8, 4) is 0 Å². The summed E-state index contributed by atoms with van der Waals surface area (Å²) >= 11 is 11.8. The van der Waals surface area contributed by atoms with Crippen LogP contribution in [0.1, 0.15) is 20.3 Å². The number of rotatable bonds is 1. The van der Waals surface area contributed by atoms with E-state index in [1.54, 1.807) is 18.2 Å². The maximum Gasteiger partial charge on any atom is 0.240 e. The minimum absolute atomic E-state index is 0.159. The molecule has 94 valence electrons. The number of nitrogens with zero attached hydrogens (tertiary/aromatic N) is 1. The molecule has 1 aromatic rings. The molecule has 2 fully saturated rings. The minimum Gasteiger partial charge on any atom is -0.273 e. The van der Waals surface area contributed by atoms with Crippen LogP contribution in [0.3, 0.4) is 0 Å². The van der Waals surface area contributed by atoms with E-state index in [2.05, 4.69) is 0 Å². The molecule has 1 saturated heterocycles. The van der Waals surface area contributed by atoms with Gasteiger partial charge in [0.2, 0.25) is 11.8 Å². The maximum absolute atomic E-state index is 12.3. The lowest BCUT2D eigenvalue weighted by atomic mass is 10.00. The fraction of sp³-hybridized carbons (Fsp3) is 0.385. The largest absolute Gasteiger partial charge is 0.273 e. The van der Waals surface area contributed by atoms with Crippen molar-refractivity contribution in [2.75, 3.05) is 4.90 Å². The Hall–Kier alpha value is -1.06. The van der Waals surface area contributed by atoms with Crippen LogP contribution in [0.2, 0.25) is 10.0 Å². The van der Waals surface area contributed by atoms with Crippen LogP contribution in [0.15, 0.2) is 18.2 Å². The maximum atomic E-state index is 12.3. The predicted octanol–water partition coefficient (Wildman–Crippen LogP) is 3.28. The molecule has 0 unspecified atom stereocenters. The van der Waals surface area contributed by atoms with Gasteiger partial charge in [-0.1, -0.05) is 23.2 Å². The highest BCUT2D eigenvalue weighted by molar-refractivity contribution is 6.36. The topological polar surface area (TPSA) is 37.4 Å². The van der Waals surface area contributed by atoms with Gasteiger partial charge < -0.3 is 0 Å². The fourth-order valence-electron chi connectivity index (χ4n) is 2.77. The molecule has 3 rings (SSSR count). The van der Waals surface area contributed by atoms with Gasteiger partial charge >= 0.3 is 0 Å². The summed E-state index contributed by atoms with van der Waals surface area (Å²) in [6, 6.07) is 4.74. The summed E-state index contributed by atoms with van der Waals surface area (Å²) in [4.78, 5) is 25.9. The van der Waals surface area contributed by atoms with E-state index < -0.39 is 10.8 Å². The van der Waals surface area contributed by atoms with E-state index in [-0.39, 0.29) is 11.8 Å². The highest BCUT2D eigenvalue weighted by Crippen LogP contribution is 2.69. The van der Waals surface area contributed by atoms with Crippen molar-refractivity contribution in [2.45, 2.75) is 20.3 Å². The molecule has 2 amide bonds. The van der Waals surface area contributed by atoms with E-state index in [4.69, 9.17) is 23.2 Å². The quantitative estimate of drug-likeness (QED) is 0.742. The van der Waals surface area contributed by atoms with Crippen LogP contribution in [-0.4, -0.2) is 11.8 Å². The number of hydrogen-bond donors (Lipinski definition) is 0. The van der Waals surface area contributed by atoms with Crippen LogP contribution in [0, 0.1) is 10.8 Å². The molecular formula is C13H11Cl2NO2. The van der Waals surface area contributed by atoms with Crippen molar-refractivity contribution in [2.24, 2.45) is 10.8 Å². The molecule has 0 bridgehead atoms. The van der Waals surface area contributed by atoms with E-state index in [1.807, 2.05) is 13.8 Å². The smallest absolute Gasteiger partial charge is 0.240 e. The van der Waals surface area contributed by atoms with Gasteiger partial charge in [0.15, 0.2) is 0 Å². The Morgan fingerprint density at radius 1 is 1.00 bits per heavy atom. The van der Waals surface area contributed by atoms with Gasteiger partial charge in [-0.3, -0.25) is 9.59 Å². The molecule has 0 N–H and O–H groups in total. The number of hydrogen-bond acceptors (Lipinski definition) is 2. The van der Waals surface area contributed by atoms with Crippen molar-refractivity contribution in [1.29, 1.82) is 0 Å². The first-order chi connectivity index (χ1) is 8.29. The Kier molecular flexibility index (Phi) is 2.19. The number of anilines is 1. The van der Waals surface area contributed by atoms with Crippen LogP contribution in [0.25, 0.3) is 0 Å². The van der Waals surface area contributed by atoms with Gasteiger partial charge in [0.05, 0.1) is 16.5 Å². The molecule has 18 heavy (non-hydrogen) atoms. The summed E-state index contributed by atoms with van der Waals surface area (Å²) in [5.41, 5.74) is -0.658. The molecule has 1 aliphatic heterocycles. The van der Waals surface area contributed by atoms with Crippen molar-refractivity contribution < 1.29 is 9.59 Å². The van der Waals surface area contributed by atoms with Gasteiger partial charge in [-0.2, -0.15) is 0 Å². The van der Waals surface area contributed by atoms with Crippen molar-refractivity contribution in [3.05, 3.63) is 28.2 Å². The van der Waals surface area contributed by atoms with E-state index in [0.29, 0.717) is 22.2 Å². The Morgan fingerprint density at radius 2 is 1.44 bits per heavy atom. The monoisotopic (exact) mass is 283 g/mol. The molecule has 0 spiro atoms. The Labute approximate surface area is 115 Å². The summed E-state index contributed by atoms with van der Waals surface area (Å²) in [7, 11) is 0. The number of benzene rings is 1. The van der Waals surface area contributed by atoms with Crippen LogP contribution >= 0.6 is 23.2 Å². The molecule has 1 heterocycles. The zero-order valence-electron chi connectivity index (χ0n) is 9.96. The Bertz CT molecular complexity index is 554. The summed E-state index contributed by atoms with van der Waals surface area (Å²) in [5, 5.41) is 0.822. The zero-order valence-corrected chi connectivity index (χ0v) is 11.5. The average Bonchev–Trinajstić information content (AvgIpc) is 2.78. The van der Waals surface area contributed by atoms with E-state index >= 15 is 0 Å². The average molecular weight is 284 g/mol. The summed E-state index contributed by atoms with van der Waals surface area (Å²) in [6.07, 6.45) is 0.627. The Balaban J connectivity index is 2.09. The number of piperidine rings is 1. The number of halogens is 2. The second-order valence-electron chi connectivity index (χ2n) is 5.41. The first-order valence-electron chi connectivity index (χ1n) is 5.65. The molecule has 2 atom stereocenters. The van der Waals surface area contributed by atoms with E-state index in [0.717, 1.165) is 0 Å². The van der Waals surface area contributed by atoms with Crippen molar-refractivity contribution in [1.82, 2.24) is 0 Å². The van der Waals surface area contributed by atoms with Gasteiger partial charge in [0.1, 0.15) is 0 Å². The lowest BCUT2D eigenvalue weighted by Crippen LogP contribution is -2.35. The summed E-state index contributed by atoms with van der Waals surface area (Å²) in [5.74, 6) is -0.318. The summed E-state index contributed by atoms with van der Waals surface area (Å²) < 4.78 is 0. The lowest BCUT2D eigenvalue weighted by Gasteiger charge is -2.19. The number of fused-ring (bicyclic) bond motifs is 1. The first-order valence-corrected chi connectivity index (χ1v) is 6.40. The second kappa shape index (κ2) is 3.28. The van der Waals surface area contributed by atoms with Crippen molar-refractivity contribution in [3.63, 3.8) is 0 Å². The molecule has 5 heteroatoms. The SMILES string of the molecule is C[C@@]12C[C@@]1(C)C(=O)N(c1cc(Cl)cc(Cl)c1)C2=O. The van der Waals surface area contributed by atoms with Crippen LogP contribution < -0.4 is 4.90 Å². The third-order valence-corrected chi connectivity index (χ3v) is 4.69. The molecule has 3 nitrogen and oxygen atoms in total. The number of amides is 2. The van der Waals surface area contributed by atoms with Crippen LogP contribution in [0.4, 0.5) is 5.69 Å². The minimum atomic E-state index is -0.557. The predicted molar refractivity (Wildman–Crippen MR) is 69.8 cm³/mol. The number of imide groups is 1. The van der Waals surface area contributed by atoms with Crippen molar-refractivity contribution >= 4 is 40.7 Å². The van der Waals surface area contributed by atoms with Crippen LogP contribution in [-0.2, 0) is 9.59 Å². The highest BCUT2D eigenvalue weighted by Gasteiger charge is 2.77. The second-order valence-corrected chi connectivity index (χ2v) is 6.29. The third-order valence-electron chi connectivity index (χ3n) is 4.26. The number of carbonyl (C=O) groups is 2. The molecule has 1 aliphatic carbocycles. The van der Waals surface area contributed by atoms with Gasteiger partial charge in [-0.15, -0.1) is 0 Å². The molecule has 2 aliphatic rings.